The molecule has 0 bridgehead atoms. The third kappa shape index (κ3) is 8.65. The minimum atomic E-state index is -0.731. The fraction of sp³-hybridized carbons (Fsp3) is 0.233. The maximum atomic E-state index is 12.3. The summed E-state index contributed by atoms with van der Waals surface area (Å²) >= 11 is 6.55. The molecule has 5 atom stereocenters. The highest BCUT2D eigenvalue weighted by Gasteiger charge is 2.49. The lowest BCUT2D eigenvalue weighted by atomic mass is 9.96. The van der Waals surface area contributed by atoms with Crippen LogP contribution in [0.2, 0.25) is 5.02 Å². The standard InChI is InChI=1S/C43H40ClNO6/c44-36-21-22-37-35(25-46)24-45(38(37)23-36)43-42(50-29-34-19-11-4-12-20-34)41(49-28-33-17-9-3-10-18-33)40(48-27-32-15-7-2-8-16-32)39(51-43)30-47-26-31-13-5-1-6-14-31/h1-25,39-43H,26-30H2/t39-,40-,41+,42-,43-/m1/s1. The van der Waals surface area contributed by atoms with Gasteiger partial charge in [0.15, 0.2) is 12.5 Å². The van der Waals surface area contributed by atoms with Crippen molar-refractivity contribution in [1.82, 2.24) is 4.57 Å². The van der Waals surface area contributed by atoms with Gasteiger partial charge in [-0.25, -0.2) is 0 Å². The van der Waals surface area contributed by atoms with Gasteiger partial charge in [0.25, 0.3) is 0 Å². The monoisotopic (exact) mass is 701 g/mol. The van der Waals surface area contributed by atoms with Gasteiger partial charge in [-0.15, -0.1) is 0 Å². The zero-order valence-electron chi connectivity index (χ0n) is 28.1. The molecule has 1 aliphatic rings. The summed E-state index contributed by atoms with van der Waals surface area (Å²) in [6.07, 6.45) is -0.517. The summed E-state index contributed by atoms with van der Waals surface area (Å²) in [6.45, 7) is 1.59. The molecule has 2 heterocycles. The Bertz CT molecular complexity index is 1970. The number of hydrogen-bond acceptors (Lipinski definition) is 6. The number of fused-ring (bicyclic) bond motifs is 1. The largest absolute Gasteiger partial charge is 0.374 e. The summed E-state index contributed by atoms with van der Waals surface area (Å²) in [5.41, 5.74) is 5.36. The van der Waals surface area contributed by atoms with Crippen LogP contribution in [0.3, 0.4) is 0 Å². The van der Waals surface area contributed by atoms with Crippen LogP contribution in [0.1, 0.15) is 38.8 Å². The van der Waals surface area contributed by atoms with E-state index in [0.717, 1.165) is 39.4 Å². The molecule has 1 aromatic heterocycles. The normalized spacial score (nSPS) is 20.4. The van der Waals surface area contributed by atoms with Crippen molar-refractivity contribution in [2.45, 2.75) is 57.1 Å². The molecule has 1 fully saturated rings. The number of aromatic nitrogens is 1. The number of benzene rings is 5. The van der Waals surface area contributed by atoms with Gasteiger partial charge in [-0.3, -0.25) is 4.79 Å². The van der Waals surface area contributed by atoms with Crippen LogP contribution in [0.25, 0.3) is 10.9 Å². The van der Waals surface area contributed by atoms with E-state index >= 15 is 0 Å². The molecule has 6 aromatic rings. The fourth-order valence-electron chi connectivity index (χ4n) is 6.54. The Morgan fingerprint density at radius 1 is 0.608 bits per heavy atom. The molecule has 0 saturated carbocycles. The quantitative estimate of drug-likeness (QED) is 0.0996. The number of aldehydes is 1. The highest BCUT2D eigenvalue weighted by atomic mass is 35.5. The van der Waals surface area contributed by atoms with Crippen molar-refractivity contribution in [1.29, 1.82) is 0 Å². The number of ether oxygens (including phenoxy) is 5. The minimum Gasteiger partial charge on any atom is -0.374 e. The van der Waals surface area contributed by atoms with Gasteiger partial charge in [-0.1, -0.05) is 139 Å². The van der Waals surface area contributed by atoms with Crippen LogP contribution in [0, 0.1) is 0 Å². The number of nitrogens with zero attached hydrogens (tertiary/aromatic N) is 1. The Morgan fingerprint density at radius 3 is 1.63 bits per heavy atom. The summed E-state index contributed by atoms with van der Waals surface area (Å²) in [5.74, 6) is 0. The molecule has 7 nitrogen and oxygen atoms in total. The van der Waals surface area contributed by atoms with Crippen molar-refractivity contribution in [3.63, 3.8) is 0 Å². The Balaban J connectivity index is 1.30. The molecular weight excluding hydrogens is 662 g/mol. The number of rotatable bonds is 15. The van der Waals surface area contributed by atoms with Crippen molar-refractivity contribution in [3.8, 4) is 0 Å². The molecule has 0 aliphatic carbocycles. The molecule has 0 unspecified atom stereocenters. The lowest BCUT2D eigenvalue weighted by Gasteiger charge is -2.46. The minimum absolute atomic E-state index is 0.224. The maximum absolute atomic E-state index is 12.3. The molecule has 7 rings (SSSR count). The second-order valence-electron chi connectivity index (χ2n) is 12.6. The molecule has 1 saturated heterocycles. The number of carbonyl (C=O) groups excluding carboxylic acids is 1. The lowest BCUT2D eigenvalue weighted by Crippen LogP contribution is -2.59. The third-order valence-electron chi connectivity index (χ3n) is 9.09. The van der Waals surface area contributed by atoms with Gasteiger partial charge >= 0.3 is 0 Å². The first-order valence-corrected chi connectivity index (χ1v) is 17.5. The van der Waals surface area contributed by atoms with E-state index in [1.807, 2.05) is 138 Å². The molecule has 260 valence electrons. The Hall–Kier alpha value is -4.60. The van der Waals surface area contributed by atoms with Crippen molar-refractivity contribution in [2.24, 2.45) is 0 Å². The second kappa shape index (κ2) is 17.1. The zero-order valence-corrected chi connectivity index (χ0v) is 28.9. The van der Waals surface area contributed by atoms with E-state index in [1.165, 1.54) is 0 Å². The van der Waals surface area contributed by atoms with E-state index in [0.29, 0.717) is 37.0 Å². The average Bonchev–Trinajstić information content (AvgIpc) is 3.55. The fourth-order valence-corrected chi connectivity index (χ4v) is 6.71. The van der Waals surface area contributed by atoms with Gasteiger partial charge < -0.3 is 28.3 Å². The highest BCUT2D eigenvalue weighted by Crippen LogP contribution is 2.39. The van der Waals surface area contributed by atoms with Crippen molar-refractivity contribution >= 4 is 28.8 Å². The smallest absolute Gasteiger partial charge is 0.163 e. The van der Waals surface area contributed by atoms with Gasteiger partial charge in [-0.2, -0.15) is 0 Å². The average molecular weight is 702 g/mol. The summed E-state index contributed by atoms with van der Waals surface area (Å²) in [7, 11) is 0. The second-order valence-corrected chi connectivity index (χ2v) is 13.1. The first kappa shape index (κ1) is 34.8. The highest BCUT2D eigenvalue weighted by molar-refractivity contribution is 6.31. The van der Waals surface area contributed by atoms with Crippen molar-refractivity contribution < 1.29 is 28.5 Å². The van der Waals surface area contributed by atoms with Gasteiger partial charge in [0, 0.05) is 22.2 Å². The predicted molar refractivity (Wildman–Crippen MR) is 197 cm³/mol. The van der Waals surface area contributed by atoms with E-state index in [-0.39, 0.29) is 6.61 Å². The first-order chi connectivity index (χ1) is 25.2. The predicted octanol–water partition coefficient (Wildman–Crippen LogP) is 8.98. The van der Waals surface area contributed by atoms with E-state index in [1.54, 1.807) is 12.3 Å². The van der Waals surface area contributed by atoms with Gasteiger partial charge in [0.1, 0.15) is 24.4 Å². The summed E-state index contributed by atoms with van der Waals surface area (Å²) in [5, 5.41) is 1.31. The lowest BCUT2D eigenvalue weighted by molar-refractivity contribution is -0.289. The van der Waals surface area contributed by atoms with Crippen LogP contribution in [-0.4, -0.2) is 41.9 Å². The molecule has 0 radical (unpaired) electrons. The SMILES string of the molecule is O=Cc1cn([C@@H]2O[C@H](COCc3ccccc3)[C@@H](OCc3ccccc3)[C@H](OCc3ccccc3)[C@H]2OCc2ccccc2)c2cc(Cl)ccc12. The molecule has 8 heteroatoms. The van der Waals surface area contributed by atoms with E-state index in [2.05, 4.69) is 0 Å². The molecule has 0 amide bonds. The molecule has 0 N–H and O–H groups in total. The first-order valence-electron chi connectivity index (χ1n) is 17.2. The number of carbonyl (C=O) groups is 1. The molecular formula is C43H40ClNO6. The molecule has 1 aliphatic heterocycles. The maximum Gasteiger partial charge on any atom is 0.163 e. The summed E-state index contributed by atoms with van der Waals surface area (Å²) in [4.78, 5) is 12.3. The van der Waals surface area contributed by atoms with Gasteiger partial charge in [0.05, 0.1) is 38.6 Å². The zero-order chi connectivity index (χ0) is 34.8. The van der Waals surface area contributed by atoms with Gasteiger partial charge in [-0.05, 0) is 34.4 Å². The van der Waals surface area contributed by atoms with Crippen LogP contribution in [0.5, 0.6) is 0 Å². The molecule has 5 aromatic carbocycles. The van der Waals surface area contributed by atoms with Crippen LogP contribution in [0.15, 0.2) is 146 Å². The Labute approximate surface area is 303 Å². The van der Waals surface area contributed by atoms with E-state index in [9.17, 15) is 4.79 Å². The summed E-state index contributed by atoms with van der Waals surface area (Å²) < 4.78 is 35.9. The van der Waals surface area contributed by atoms with Gasteiger partial charge in [0.2, 0.25) is 0 Å². The third-order valence-corrected chi connectivity index (χ3v) is 9.32. The Morgan fingerprint density at radius 2 is 1.10 bits per heavy atom. The van der Waals surface area contributed by atoms with Crippen molar-refractivity contribution in [2.75, 3.05) is 6.61 Å². The molecule has 0 spiro atoms. The number of halogens is 1. The van der Waals surface area contributed by atoms with E-state index < -0.39 is 30.6 Å². The van der Waals surface area contributed by atoms with E-state index in [4.69, 9.17) is 35.3 Å². The molecule has 51 heavy (non-hydrogen) atoms. The van der Waals surface area contributed by atoms with Crippen LogP contribution in [-0.2, 0) is 50.1 Å². The van der Waals surface area contributed by atoms with Crippen LogP contribution >= 0.6 is 11.6 Å². The van der Waals surface area contributed by atoms with Crippen LogP contribution in [0.4, 0.5) is 0 Å². The van der Waals surface area contributed by atoms with Crippen LogP contribution < -0.4 is 0 Å². The topological polar surface area (TPSA) is 68.2 Å². The van der Waals surface area contributed by atoms with Crippen molar-refractivity contribution in [3.05, 3.63) is 179 Å². The summed E-state index contributed by atoms with van der Waals surface area (Å²) in [6, 6.07) is 45.6. The Kier molecular flexibility index (Phi) is 11.7. The number of hydrogen-bond donors (Lipinski definition) is 0.